The number of carboxylic acid groups (broad SMARTS) is 3. The van der Waals surface area contributed by atoms with Gasteiger partial charge in [-0.05, 0) is 166 Å². The van der Waals surface area contributed by atoms with Crippen LogP contribution in [0.3, 0.4) is 0 Å². The lowest BCUT2D eigenvalue weighted by Gasteiger charge is -2.32. The van der Waals surface area contributed by atoms with E-state index in [4.69, 9.17) is 33.4 Å². The predicted molar refractivity (Wildman–Crippen MR) is 548 cm³/mol. The second-order valence-electron chi connectivity index (χ2n) is 38.5. The average molecular weight is 2060 g/mol. The van der Waals surface area contributed by atoms with E-state index in [0.717, 1.165) is 47.1 Å². The van der Waals surface area contributed by atoms with Crippen LogP contribution in [0, 0.1) is 30.6 Å². The number of ether oxygens (including phenoxy) is 1. The second-order valence-corrected chi connectivity index (χ2v) is 39.6. The van der Waals surface area contributed by atoms with E-state index in [0.29, 0.717) is 35.1 Å². The Labute approximate surface area is 859 Å². The molecule has 5 aromatic rings. The van der Waals surface area contributed by atoms with Crippen molar-refractivity contribution in [1.29, 1.82) is 0 Å². The standard InChI is InChI=1S/C103H146N20O23S/c1-57(2)46-75-92(133)116-78(52-65-29-35-70(36-30-65)146-55-86(127)128)96(137)120-82(54-85(125)126)98(139)119-81(53-66-21-16-18-60(7)48-66)97(138)118-79(51-64-27-33-69(34-28-64)103(144)145)95(136)117-77(50-63-25-31-68(32-26-63)67-22-14-11-15-23-67)94(135)113-74(37-38-84(107)124)102(143)123(9)61(8)89(130)114-76(47-58(3)4)93(134)111-73(40-43-106)91(132)115-80(49-62-19-12-10-13-20-62)99(140)122-87(59(5)6)101(142)112-72(24-17-41-104)90(131)121-83(56-147-45-44-109-75)100(141)110-71(39-42-105)88(108)129/h11,14-16,18,21-23,25-36,48,57-59,61-62,71-83,87,109H,10,12-13,17,19-20,24,37-47,49-56,104-106H2,1-9H3,(H2,107,124)(H2,108,129)(H,110,141)(H,111,134)(H,112,142)(H,113,135)(H,114,130)(H,115,132)(H,116,133)(H,117,136)(H,118,138)(H,119,139)(H,120,137)(H,121,131)(H,122,140)(H,125,126)(H,127,128)(H,144,145)/t61-,71-,72-,73-,74-,75-,76+,77-,78-,79-,80-,81-,82-,83-,87-/m0/s1. The minimum absolute atomic E-state index is 0.0114. The fraction of sp³-hybridized carbons (Fsp3) is 0.524. The number of aliphatic carboxylic acids is 2. The molecule has 15 atom stereocenters. The Morgan fingerprint density at radius 2 is 0.939 bits per heavy atom. The van der Waals surface area contributed by atoms with E-state index in [1.54, 1.807) is 97.0 Å². The highest BCUT2D eigenvalue weighted by atomic mass is 32.2. The Bertz CT molecular complexity index is 5310. The number of hydrogen-bond donors (Lipinski definition) is 22. The molecule has 802 valence electrons. The van der Waals surface area contributed by atoms with Gasteiger partial charge in [0.1, 0.15) is 90.3 Å². The van der Waals surface area contributed by atoms with Crippen molar-refractivity contribution in [3.63, 3.8) is 0 Å². The van der Waals surface area contributed by atoms with Gasteiger partial charge < -0.3 is 128 Å². The first-order valence-electron chi connectivity index (χ1n) is 49.7. The van der Waals surface area contributed by atoms with Gasteiger partial charge >= 0.3 is 17.9 Å². The minimum atomic E-state index is -2.10. The van der Waals surface area contributed by atoms with Crippen LogP contribution in [0.25, 0.3) is 11.1 Å². The fourth-order valence-electron chi connectivity index (χ4n) is 17.0. The lowest BCUT2D eigenvalue weighted by atomic mass is 9.84. The SMILES string of the molecule is Cc1cccc(C[C@@H]2NC(=O)[C@H](CC(=O)O)NC(=O)[C@H](Cc3ccc(OCC(=O)O)cc3)NC(=O)[C@H](CC(C)C)NCCSC[C@@H](C(=O)N[C@@H](CCN)C(N)=O)NC(=O)[C@H](CCCN)NC(=O)[C@H](C(C)C)NC(=O)[C@H](CC3CCCCC3)NC(=O)[C@H](CCN)NC(=O)[C@@H](CC(C)C)NC(=O)[C@H](C)N(C)C(=O)[C@H](CCC(N)=O)NC(=O)[C@H](Cc3ccc(-c4ccccc4)cc3)NC(=O)[C@H](Cc3ccc(C(=O)O)cc3)NC2=O)c1. The second kappa shape index (κ2) is 60.8. The molecular weight excluding hydrogens is 1920 g/mol. The summed E-state index contributed by atoms with van der Waals surface area (Å²) < 4.78 is 5.36. The maximum absolute atomic E-state index is 15.8. The lowest BCUT2D eigenvalue weighted by Crippen LogP contribution is -2.62. The average Bonchev–Trinajstić information content (AvgIpc) is 0.834. The zero-order valence-corrected chi connectivity index (χ0v) is 85.5. The van der Waals surface area contributed by atoms with Crippen molar-refractivity contribution >= 4 is 124 Å². The highest BCUT2D eigenvalue weighted by Crippen LogP contribution is 2.29. The van der Waals surface area contributed by atoms with Gasteiger partial charge in [-0.1, -0.05) is 182 Å². The van der Waals surface area contributed by atoms with Crippen LogP contribution >= 0.6 is 11.8 Å². The third-order valence-electron chi connectivity index (χ3n) is 25.2. The number of aryl methyl sites for hydroxylation is 1. The maximum atomic E-state index is 15.8. The normalized spacial score (nSPS) is 23.1. The Morgan fingerprint density at radius 3 is 1.46 bits per heavy atom. The molecule has 1 saturated carbocycles. The van der Waals surface area contributed by atoms with Crippen molar-refractivity contribution < 1.29 is 111 Å². The molecule has 0 unspecified atom stereocenters. The zero-order chi connectivity index (χ0) is 108. The number of thioether (sulfide) groups is 1. The number of carboxylic acids is 3. The highest BCUT2D eigenvalue weighted by molar-refractivity contribution is 7.99. The van der Waals surface area contributed by atoms with Gasteiger partial charge in [-0.2, -0.15) is 11.8 Å². The van der Waals surface area contributed by atoms with Crippen LogP contribution in [-0.4, -0.2) is 275 Å². The van der Waals surface area contributed by atoms with Crippen LogP contribution in [0.1, 0.15) is 183 Å². The quantitative estimate of drug-likeness (QED) is 0.0260. The van der Waals surface area contributed by atoms with E-state index in [-0.39, 0.29) is 124 Å². The van der Waals surface area contributed by atoms with Gasteiger partial charge in [0, 0.05) is 57.2 Å². The molecule has 5 aromatic carbocycles. The summed E-state index contributed by atoms with van der Waals surface area (Å²) in [5.74, 6) is -21.5. The van der Waals surface area contributed by atoms with Crippen molar-refractivity contribution in [1.82, 2.24) is 79.3 Å². The van der Waals surface area contributed by atoms with Gasteiger partial charge in [0.2, 0.25) is 94.5 Å². The number of carbonyl (C=O) groups excluding carboxylic acids is 16. The van der Waals surface area contributed by atoms with Gasteiger partial charge in [-0.3, -0.25) is 81.5 Å². The first kappa shape index (κ1) is 120. The van der Waals surface area contributed by atoms with E-state index in [1.165, 1.54) is 62.5 Å². The monoisotopic (exact) mass is 2060 g/mol. The molecule has 7 rings (SSSR count). The number of nitrogens with one attached hydrogen (secondary N) is 14. The number of hydrogen-bond acceptors (Lipinski definition) is 25. The van der Waals surface area contributed by atoms with Crippen molar-refractivity contribution in [2.45, 2.75) is 268 Å². The largest absolute Gasteiger partial charge is 0.482 e. The van der Waals surface area contributed by atoms with Crippen molar-refractivity contribution in [3.8, 4) is 16.9 Å². The molecule has 0 spiro atoms. The van der Waals surface area contributed by atoms with E-state index in [2.05, 4.69) is 74.4 Å². The molecule has 147 heavy (non-hydrogen) atoms. The number of aromatic carboxylic acids is 1. The van der Waals surface area contributed by atoms with Crippen LogP contribution in [0.5, 0.6) is 5.75 Å². The molecular formula is C103H146N20O23S. The Kier molecular flexibility index (Phi) is 49.6. The molecule has 0 bridgehead atoms. The van der Waals surface area contributed by atoms with Crippen LogP contribution in [0.15, 0.2) is 127 Å². The Hall–Kier alpha value is -14.0. The summed E-state index contributed by atoms with van der Waals surface area (Å²) in [7, 11) is 1.21. The molecule has 44 heteroatoms. The number of nitrogens with zero attached hydrogens (tertiary/aromatic N) is 1. The molecule has 1 heterocycles. The molecule has 0 radical (unpaired) electrons. The topological polar surface area (TPSA) is 696 Å². The minimum Gasteiger partial charge on any atom is -0.482 e. The smallest absolute Gasteiger partial charge is 0.341 e. The summed E-state index contributed by atoms with van der Waals surface area (Å²) in [4.78, 5) is 275. The number of rotatable bonds is 35. The number of likely N-dealkylation sites (N-methyl/N-ethyl adjacent to an activating group) is 1. The predicted octanol–water partition coefficient (Wildman–Crippen LogP) is 0.329. The van der Waals surface area contributed by atoms with E-state index < -0.39 is 254 Å². The van der Waals surface area contributed by atoms with Crippen LogP contribution in [-0.2, 0) is 112 Å². The van der Waals surface area contributed by atoms with Crippen LogP contribution in [0.4, 0.5) is 0 Å². The molecule has 2 fully saturated rings. The summed E-state index contributed by atoms with van der Waals surface area (Å²) in [5, 5.41) is 68.1. The number of primary amides is 2. The number of carbonyl (C=O) groups is 19. The summed E-state index contributed by atoms with van der Waals surface area (Å²) in [6, 6.07) is 9.87. The number of nitrogens with two attached hydrogens (primary N) is 5. The number of benzene rings is 5. The molecule has 43 nitrogen and oxygen atoms in total. The summed E-state index contributed by atoms with van der Waals surface area (Å²) in [6.45, 7) is 12.3. The van der Waals surface area contributed by atoms with Gasteiger partial charge in [-0.25, -0.2) is 9.59 Å². The van der Waals surface area contributed by atoms with E-state index in [1.807, 2.05) is 30.3 Å². The Morgan fingerprint density at radius 1 is 0.469 bits per heavy atom. The maximum Gasteiger partial charge on any atom is 0.341 e. The summed E-state index contributed by atoms with van der Waals surface area (Å²) in [5.41, 5.74) is 32.8. The van der Waals surface area contributed by atoms with Gasteiger partial charge in [0.25, 0.3) is 0 Å². The third-order valence-corrected chi connectivity index (χ3v) is 26.2. The molecule has 1 saturated heterocycles. The van der Waals surface area contributed by atoms with Crippen LogP contribution < -0.4 is 108 Å². The molecule has 16 amide bonds. The number of amides is 16. The van der Waals surface area contributed by atoms with Gasteiger partial charge in [-0.15, -0.1) is 0 Å². The van der Waals surface area contributed by atoms with Crippen molar-refractivity contribution in [2.24, 2.45) is 52.3 Å². The third kappa shape index (κ3) is 40.8. The first-order valence-corrected chi connectivity index (χ1v) is 50.9. The Balaban J connectivity index is 1.37. The molecule has 2 aliphatic rings. The van der Waals surface area contributed by atoms with Crippen molar-refractivity contribution in [3.05, 3.63) is 161 Å². The van der Waals surface area contributed by atoms with E-state index >= 15 is 38.4 Å². The lowest BCUT2D eigenvalue weighted by molar-refractivity contribution is -0.143. The van der Waals surface area contributed by atoms with Gasteiger partial charge in [0.05, 0.1) is 18.0 Å². The summed E-state index contributed by atoms with van der Waals surface area (Å²) >= 11 is 1.08. The molecule has 1 aliphatic carbocycles. The van der Waals surface area contributed by atoms with Crippen molar-refractivity contribution in [2.75, 3.05) is 51.3 Å². The molecule has 1 aliphatic heterocycles. The first-order chi connectivity index (χ1) is 69.8. The fourth-order valence-corrected chi connectivity index (χ4v) is 17.9. The molecule has 27 N–H and O–H groups in total. The zero-order valence-electron chi connectivity index (χ0n) is 84.7. The van der Waals surface area contributed by atoms with Crippen LogP contribution in [0.2, 0.25) is 0 Å². The highest BCUT2D eigenvalue weighted by Gasteiger charge is 2.42. The molecule has 0 aromatic heterocycles. The summed E-state index contributed by atoms with van der Waals surface area (Å²) in [6.07, 6.45) is -0.313. The van der Waals surface area contributed by atoms with E-state index in [9.17, 15) is 68.1 Å². The van der Waals surface area contributed by atoms with Gasteiger partial charge in [0.15, 0.2) is 6.61 Å².